The number of carbonyl (C=O) groups excluding carboxylic acids is 1. The van der Waals surface area contributed by atoms with Crippen LogP contribution in [0.3, 0.4) is 0 Å². The van der Waals surface area contributed by atoms with Gasteiger partial charge in [-0.1, -0.05) is 12.1 Å². The standard InChI is InChI=1S/C15H22N2O2/c16-11-12-4-1-5-13(10-12)17-15(18)8-3-9-19-14-6-2-7-14/h1,4-5,10,14H,2-3,6-9,11,16H2,(H,17,18). The Hall–Kier alpha value is -1.39. The Morgan fingerprint density at radius 1 is 1.42 bits per heavy atom. The van der Waals surface area contributed by atoms with Gasteiger partial charge in [0, 0.05) is 25.3 Å². The zero-order valence-electron chi connectivity index (χ0n) is 11.2. The molecule has 104 valence electrons. The molecule has 19 heavy (non-hydrogen) atoms. The molecule has 1 fully saturated rings. The normalized spacial score (nSPS) is 15.0. The highest BCUT2D eigenvalue weighted by molar-refractivity contribution is 5.90. The van der Waals surface area contributed by atoms with Gasteiger partial charge in [0.25, 0.3) is 0 Å². The second kappa shape index (κ2) is 7.26. The Bertz CT molecular complexity index is 416. The molecule has 1 aliphatic rings. The molecule has 0 radical (unpaired) electrons. The van der Waals surface area contributed by atoms with Crippen molar-refractivity contribution < 1.29 is 9.53 Å². The molecule has 2 rings (SSSR count). The minimum Gasteiger partial charge on any atom is -0.378 e. The van der Waals surface area contributed by atoms with Gasteiger partial charge in [-0.05, 0) is 43.4 Å². The van der Waals surface area contributed by atoms with Gasteiger partial charge in [-0.2, -0.15) is 0 Å². The summed E-state index contributed by atoms with van der Waals surface area (Å²) < 4.78 is 5.62. The maximum atomic E-state index is 11.7. The fraction of sp³-hybridized carbons (Fsp3) is 0.533. The first-order chi connectivity index (χ1) is 9.28. The SMILES string of the molecule is NCc1cccc(NC(=O)CCCOC2CCC2)c1. The van der Waals surface area contributed by atoms with Crippen LogP contribution in [0.15, 0.2) is 24.3 Å². The van der Waals surface area contributed by atoms with Crippen LogP contribution < -0.4 is 11.1 Å². The van der Waals surface area contributed by atoms with Crippen LogP contribution in [0.4, 0.5) is 5.69 Å². The third-order valence-corrected chi connectivity index (χ3v) is 3.40. The van der Waals surface area contributed by atoms with Crippen LogP contribution in [-0.2, 0) is 16.1 Å². The Balaban J connectivity index is 1.65. The predicted molar refractivity (Wildman–Crippen MR) is 75.8 cm³/mol. The van der Waals surface area contributed by atoms with Gasteiger partial charge in [0.1, 0.15) is 0 Å². The largest absolute Gasteiger partial charge is 0.378 e. The lowest BCUT2D eigenvalue weighted by Crippen LogP contribution is -2.22. The van der Waals surface area contributed by atoms with E-state index < -0.39 is 0 Å². The number of benzene rings is 1. The Morgan fingerprint density at radius 2 is 2.26 bits per heavy atom. The number of anilines is 1. The highest BCUT2D eigenvalue weighted by Crippen LogP contribution is 2.22. The van der Waals surface area contributed by atoms with Crippen LogP contribution in [-0.4, -0.2) is 18.6 Å². The molecule has 1 aromatic rings. The first kappa shape index (κ1) is 14.0. The summed E-state index contributed by atoms with van der Waals surface area (Å²) in [6, 6.07) is 7.63. The zero-order chi connectivity index (χ0) is 13.5. The van der Waals surface area contributed by atoms with Gasteiger partial charge >= 0.3 is 0 Å². The molecule has 3 N–H and O–H groups in total. The summed E-state index contributed by atoms with van der Waals surface area (Å²) in [5.41, 5.74) is 7.40. The van der Waals surface area contributed by atoms with Gasteiger partial charge in [0.05, 0.1) is 6.10 Å². The van der Waals surface area contributed by atoms with Crippen LogP contribution in [0.5, 0.6) is 0 Å². The molecule has 1 aromatic carbocycles. The van der Waals surface area contributed by atoms with Crippen molar-refractivity contribution in [2.24, 2.45) is 5.73 Å². The summed E-state index contributed by atoms with van der Waals surface area (Å²) in [4.78, 5) is 11.7. The van der Waals surface area contributed by atoms with Crippen molar-refractivity contribution in [3.8, 4) is 0 Å². The van der Waals surface area contributed by atoms with Gasteiger partial charge in [0.15, 0.2) is 0 Å². The summed E-state index contributed by atoms with van der Waals surface area (Å²) in [5, 5.41) is 2.88. The van der Waals surface area contributed by atoms with Crippen LogP contribution in [0.25, 0.3) is 0 Å². The predicted octanol–water partition coefficient (Wildman–Crippen LogP) is 2.43. The first-order valence-corrected chi connectivity index (χ1v) is 6.98. The quantitative estimate of drug-likeness (QED) is 0.742. The van der Waals surface area contributed by atoms with Gasteiger partial charge in [0.2, 0.25) is 5.91 Å². The average molecular weight is 262 g/mol. The number of nitrogens with two attached hydrogens (primary N) is 1. The van der Waals surface area contributed by atoms with Crippen LogP contribution >= 0.6 is 0 Å². The lowest BCUT2D eigenvalue weighted by molar-refractivity contribution is -0.116. The van der Waals surface area contributed by atoms with Crippen molar-refractivity contribution in [1.82, 2.24) is 0 Å². The van der Waals surface area contributed by atoms with E-state index in [1.807, 2.05) is 24.3 Å². The molecule has 1 saturated carbocycles. The minimum absolute atomic E-state index is 0.0337. The van der Waals surface area contributed by atoms with E-state index in [2.05, 4.69) is 5.32 Å². The number of rotatable bonds is 7. The third-order valence-electron chi connectivity index (χ3n) is 3.40. The van der Waals surface area contributed by atoms with E-state index in [0.29, 0.717) is 25.7 Å². The van der Waals surface area contributed by atoms with Gasteiger partial charge < -0.3 is 15.8 Å². The molecular weight excluding hydrogens is 240 g/mol. The number of amides is 1. The van der Waals surface area contributed by atoms with Crippen LogP contribution in [0, 0.1) is 0 Å². The van der Waals surface area contributed by atoms with Crippen LogP contribution in [0.1, 0.15) is 37.7 Å². The van der Waals surface area contributed by atoms with E-state index >= 15 is 0 Å². The molecular formula is C15H22N2O2. The van der Waals surface area contributed by atoms with Gasteiger partial charge in [-0.25, -0.2) is 0 Å². The maximum Gasteiger partial charge on any atom is 0.224 e. The summed E-state index contributed by atoms with van der Waals surface area (Å²) in [7, 11) is 0. The first-order valence-electron chi connectivity index (χ1n) is 6.98. The average Bonchev–Trinajstić information content (AvgIpc) is 2.36. The topological polar surface area (TPSA) is 64.3 Å². The zero-order valence-corrected chi connectivity index (χ0v) is 11.2. The maximum absolute atomic E-state index is 11.7. The van der Waals surface area contributed by atoms with E-state index in [4.69, 9.17) is 10.5 Å². The lowest BCUT2D eigenvalue weighted by atomic mass is 9.96. The molecule has 0 aliphatic heterocycles. The van der Waals surface area contributed by atoms with Gasteiger partial charge in [-0.3, -0.25) is 4.79 Å². The fourth-order valence-corrected chi connectivity index (χ4v) is 2.02. The Kier molecular flexibility index (Phi) is 5.36. The third kappa shape index (κ3) is 4.65. The molecule has 0 unspecified atom stereocenters. The number of ether oxygens (including phenoxy) is 1. The monoisotopic (exact) mass is 262 g/mol. The molecule has 0 atom stereocenters. The number of nitrogens with one attached hydrogen (secondary N) is 1. The van der Waals surface area contributed by atoms with Crippen molar-refractivity contribution in [1.29, 1.82) is 0 Å². The number of hydrogen-bond acceptors (Lipinski definition) is 3. The molecule has 1 aliphatic carbocycles. The second-order valence-electron chi connectivity index (χ2n) is 4.98. The van der Waals surface area contributed by atoms with Crippen molar-refractivity contribution >= 4 is 11.6 Å². The molecule has 0 spiro atoms. The molecule has 4 heteroatoms. The van der Waals surface area contributed by atoms with E-state index in [1.165, 1.54) is 19.3 Å². The Labute approximate surface area is 114 Å². The second-order valence-corrected chi connectivity index (χ2v) is 4.98. The van der Waals surface area contributed by atoms with Crippen LogP contribution in [0.2, 0.25) is 0 Å². The molecule has 1 amide bonds. The van der Waals surface area contributed by atoms with Crippen molar-refractivity contribution in [3.05, 3.63) is 29.8 Å². The number of carbonyl (C=O) groups is 1. The van der Waals surface area contributed by atoms with Crippen molar-refractivity contribution in [3.63, 3.8) is 0 Å². The summed E-state index contributed by atoms with van der Waals surface area (Å²) >= 11 is 0. The fourth-order valence-electron chi connectivity index (χ4n) is 2.02. The lowest BCUT2D eigenvalue weighted by Gasteiger charge is -2.25. The molecule has 0 bridgehead atoms. The highest BCUT2D eigenvalue weighted by atomic mass is 16.5. The van der Waals surface area contributed by atoms with E-state index in [9.17, 15) is 4.79 Å². The van der Waals surface area contributed by atoms with Crippen molar-refractivity contribution in [2.75, 3.05) is 11.9 Å². The summed E-state index contributed by atoms with van der Waals surface area (Å²) in [6.07, 6.45) is 5.36. The molecule has 0 saturated heterocycles. The highest BCUT2D eigenvalue weighted by Gasteiger charge is 2.17. The smallest absolute Gasteiger partial charge is 0.224 e. The Morgan fingerprint density at radius 3 is 2.95 bits per heavy atom. The number of hydrogen-bond donors (Lipinski definition) is 2. The van der Waals surface area contributed by atoms with E-state index in [-0.39, 0.29) is 5.91 Å². The van der Waals surface area contributed by atoms with Gasteiger partial charge in [-0.15, -0.1) is 0 Å². The van der Waals surface area contributed by atoms with Crippen molar-refractivity contribution in [2.45, 2.75) is 44.8 Å². The summed E-state index contributed by atoms with van der Waals surface area (Å²) in [5.74, 6) is 0.0337. The minimum atomic E-state index is 0.0337. The van der Waals surface area contributed by atoms with E-state index in [0.717, 1.165) is 17.7 Å². The molecule has 0 aromatic heterocycles. The summed E-state index contributed by atoms with van der Waals surface area (Å²) in [6.45, 7) is 1.17. The van der Waals surface area contributed by atoms with E-state index in [1.54, 1.807) is 0 Å². The molecule has 0 heterocycles. The molecule has 4 nitrogen and oxygen atoms in total.